The van der Waals surface area contributed by atoms with E-state index in [9.17, 15) is 14.4 Å². The van der Waals surface area contributed by atoms with E-state index in [2.05, 4.69) is 57.7 Å². The van der Waals surface area contributed by atoms with Crippen LogP contribution in [0.4, 0.5) is 0 Å². The van der Waals surface area contributed by atoms with Crippen LogP contribution in [0.15, 0.2) is 42.5 Å². The molecule has 36 heavy (non-hydrogen) atoms. The van der Waals surface area contributed by atoms with E-state index >= 15 is 0 Å². The summed E-state index contributed by atoms with van der Waals surface area (Å²) in [5, 5.41) is 7.84. The number of rotatable bonds is 11. The third-order valence-electron chi connectivity index (χ3n) is 6.08. The lowest BCUT2D eigenvalue weighted by atomic mass is 10.0. The lowest BCUT2D eigenvalue weighted by molar-refractivity contribution is -0.141. The highest BCUT2D eigenvalue weighted by atomic mass is 32.2. The third kappa shape index (κ3) is 9.44. The van der Waals surface area contributed by atoms with E-state index in [0.717, 1.165) is 35.7 Å². The summed E-state index contributed by atoms with van der Waals surface area (Å²) in [7, 11) is 3.06. The molecule has 1 aliphatic heterocycles. The smallest absolute Gasteiger partial charge is 0.325 e. The zero-order valence-electron chi connectivity index (χ0n) is 21.9. The lowest BCUT2D eigenvalue weighted by Gasteiger charge is -2.31. The van der Waals surface area contributed by atoms with Crippen molar-refractivity contribution in [1.82, 2.24) is 20.4 Å². The van der Waals surface area contributed by atoms with Gasteiger partial charge in [0.25, 0.3) is 0 Å². The van der Waals surface area contributed by atoms with Crippen molar-refractivity contribution in [2.45, 2.75) is 32.4 Å². The van der Waals surface area contributed by atoms with Crippen LogP contribution >= 0.6 is 11.8 Å². The molecule has 2 N–H and O–H groups in total. The zero-order valence-corrected chi connectivity index (χ0v) is 22.7. The normalized spacial score (nSPS) is 14.9. The molecular weight excluding hydrogens is 476 g/mol. The van der Waals surface area contributed by atoms with E-state index in [-0.39, 0.29) is 30.9 Å². The van der Waals surface area contributed by atoms with Crippen LogP contribution in [-0.4, -0.2) is 92.5 Å². The number of carbonyl (C=O) groups excluding carboxylic acids is 3. The molecule has 3 rings (SSSR count). The molecule has 1 fully saturated rings. The van der Waals surface area contributed by atoms with Gasteiger partial charge in [0.05, 0.1) is 20.2 Å². The Morgan fingerprint density at radius 1 is 1.14 bits per heavy atom. The largest absolute Gasteiger partial charge is 0.468 e. The number of carbonyl (C=O) groups is 3. The monoisotopic (exact) mass is 516 g/mol. The van der Waals surface area contributed by atoms with Gasteiger partial charge in [0.1, 0.15) is 6.54 Å². The first-order valence-electron chi connectivity index (χ1n) is 12.4. The molecule has 198 valence electrons. The highest BCUT2D eigenvalue weighted by Gasteiger charge is 2.30. The first-order valence-corrected chi connectivity index (χ1v) is 13.8. The first-order chi connectivity index (χ1) is 17.4. The van der Waals surface area contributed by atoms with Crippen molar-refractivity contribution in [1.29, 1.82) is 0 Å². The number of likely N-dealkylation sites (tertiary alicyclic amines) is 1. The Balaban J connectivity index is 0.00000106. The summed E-state index contributed by atoms with van der Waals surface area (Å²) in [6.07, 6.45) is 3.96. The fraction of sp³-hybridized carbons (Fsp3) is 0.519. The number of fused-ring (bicyclic) bond motifs is 1. The predicted molar refractivity (Wildman–Crippen MR) is 147 cm³/mol. The van der Waals surface area contributed by atoms with Crippen molar-refractivity contribution in [3.05, 3.63) is 48.0 Å². The van der Waals surface area contributed by atoms with E-state index in [1.807, 2.05) is 34.9 Å². The summed E-state index contributed by atoms with van der Waals surface area (Å²) in [5.74, 6) is 0.579. The number of likely N-dealkylation sites (N-methyl/N-ethyl adjacent to an activating group) is 1. The third-order valence-corrected chi connectivity index (χ3v) is 6.66. The minimum atomic E-state index is -0.487. The molecule has 1 saturated heterocycles. The second-order valence-electron chi connectivity index (χ2n) is 8.65. The fourth-order valence-corrected chi connectivity index (χ4v) is 4.26. The topological polar surface area (TPSA) is 91.0 Å². The Kier molecular flexibility index (Phi) is 13.3. The van der Waals surface area contributed by atoms with Crippen LogP contribution in [0.1, 0.15) is 25.3 Å². The average Bonchev–Trinajstić information content (AvgIpc) is 3.36. The molecule has 0 aliphatic carbocycles. The predicted octanol–water partition coefficient (Wildman–Crippen LogP) is 2.51. The molecule has 2 amide bonds. The van der Waals surface area contributed by atoms with Crippen molar-refractivity contribution in [3.63, 3.8) is 0 Å². The minimum absolute atomic E-state index is 0.0548. The van der Waals surface area contributed by atoms with Gasteiger partial charge in [-0.2, -0.15) is 11.8 Å². The molecule has 0 aromatic heterocycles. The van der Waals surface area contributed by atoms with Gasteiger partial charge in [-0.3, -0.25) is 19.3 Å². The van der Waals surface area contributed by atoms with Crippen molar-refractivity contribution in [3.8, 4) is 0 Å². The highest BCUT2D eigenvalue weighted by molar-refractivity contribution is 7.98. The lowest BCUT2D eigenvalue weighted by Crippen LogP contribution is -2.48. The molecule has 0 radical (unpaired) electrons. The number of esters is 1. The van der Waals surface area contributed by atoms with Gasteiger partial charge in [0, 0.05) is 25.7 Å². The van der Waals surface area contributed by atoms with Crippen LogP contribution in [0.5, 0.6) is 0 Å². The first kappa shape index (κ1) is 29.6. The van der Waals surface area contributed by atoms with Crippen LogP contribution in [-0.2, 0) is 25.7 Å². The van der Waals surface area contributed by atoms with Crippen molar-refractivity contribution >= 4 is 40.3 Å². The molecule has 0 bridgehead atoms. The maximum Gasteiger partial charge on any atom is 0.325 e. The van der Waals surface area contributed by atoms with Crippen molar-refractivity contribution < 1.29 is 19.1 Å². The van der Waals surface area contributed by atoms with E-state index in [0.29, 0.717) is 19.6 Å². The highest BCUT2D eigenvalue weighted by Crippen LogP contribution is 2.23. The van der Waals surface area contributed by atoms with Crippen molar-refractivity contribution in [2.24, 2.45) is 0 Å². The number of amides is 2. The molecule has 0 saturated carbocycles. The summed E-state index contributed by atoms with van der Waals surface area (Å²) in [6.45, 7) is 4.31. The van der Waals surface area contributed by atoms with Gasteiger partial charge < -0.3 is 20.3 Å². The molecule has 0 unspecified atom stereocenters. The Hall–Kier alpha value is -2.62. The van der Waals surface area contributed by atoms with Gasteiger partial charge in [-0.25, -0.2) is 0 Å². The summed E-state index contributed by atoms with van der Waals surface area (Å²) in [5.41, 5.74) is 1.12. The standard InChI is InChI=1S/C24H32N4O4.C3H8S/c1-25-13-23(30)28-12-6-10-20(28)16-27(17-22(29)26-14-24(31)32-2)15-19-9-5-8-18-7-3-4-11-21(18)19;1-3-4-2/h3-5,7-9,11,20,25H,6,10,12-17H2,1-2H3,(H,26,29);3H2,1-2H3/t20-;/m0./s1. The Morgan fingerprint density at radius 3 is 2.56 bits per heavy atom. The molecule has 2 aromatic rings. The number of thioether (sulfide) groups is 1. The SMILES string of the molecule is CCSC.CNCC(=O)N1CCC[C@H]1CN(CC(=O)NCC(=O)OC)Cc1cccc2ccccc12. The quantitative estimate of drug-likeness (QED) is 0.444. The minimum Gasteiger partial charge on any atom is -0.468 e. The molecule has 9 heteroatoms. The van der Waals surface area contributed by atoms with E-state index in [4.69, 9.17) is 0 Å². The zero-order chi connectivity index (χ0) is 26.3. The summed E-state index contributed by atoms with van der Waals surface area (Å²) in [6, 6.07) is 14.4. The van der Waals surface area contributed by atoms with Gasteiger partial charge in [-0.15, -0.1) is 0 Å². The van der Waals surface area contributed by atoms with Crippen LogP contribution in [0.2, 0.25) is 0 Å². The fourth-order valence-electron chi connectivity index (χ4n) is 4.26. The maximum atomic E-state index is 12.6. The van der Waals surface area contributed by atoms with Gasteiger partial charge >= 0.3 is 5.97 Å². The number of methoxy groups -OCH3 is 1. The van der Waals surface area contributed by atoms with Gasteiger partial charge in [-0.05, 0) is 48.2 Å². The number of hydrogen-bond acceptors (Lipinski definition) is 7. The van der Waals surface area contributed by atoms with E-state index in [1.165, 1.54) is 12.9 Å². The van der Waals surface area contributed by atoms with Crippen LogP contribution < -0.4 is 10.6 Å². The number of ether oxygens (including phenoxy) is 1. The number of nitrogens with zero attached hydrogens (tertiary/aromatic N) is 2. The molecule has 1 heterocycles. The Morgan fingerprint density at radius 2 is 1.86 bits per heavy atom. The second kappa shape index (κ2) is 16.2. The van der Waals surface area contributed by atoms with Gasteiger partial charge in [-0.1, -0.05) is 49.4 Å². The van der Waals surface area contributed by atoms with Crippen LogP contribution in [0, 0.1) is 0 Å². The molecule has 1 atom stereocenters. The maximum absolute atomic E-state index is 12.6. The number of nitrogens with one attached hydrogen (secondary N) is 2. The van der Waals surface area contributed by atoms with Crippen LogP contribution in [0.25, 0.3) is 10.8 Å². The van der Waals surface area contributed by atoms with Crippen LogP contribution in [0.3, 0.4) is 0 Å². The average molecular weight is 517 g/mol. The summed E-state index contributed by atoms with van der Waals surface area (Å²) >= 11 is 1.86. The Labute approximate surface area is 219 Å². The molecular formula is C27H40N4O4S. The molecule has 2 aromatic carbocycles. The van der Waals surface area contributed by atoms with Crippen molar-refractivity contribution in [2.75, 3.05) is 58.9 Å². The number of benzene rings is 2. The second-order valence-corrected chi connectivity index (χ2v) is 9.81. The molecule has 1 aliphatic rings. The molecule has 8 nitrogen and oxygen atoms in total. The molecule has 0 spiro atoms. The van der Waals surface area contributed by atoms with Gasteiger partial charge in [0.2, 0.25) is 11.8 Å². The number of hydrogen-bond donors (Lipinski definition) is 2. The van der Waals surface area contributed by atoms with E-state index in [1.54, 1.807) is 7.05 Å². The summed E-state index contributed by atoms with van der Waals surface area (Å²) in [4.78, 5) is 40.5. The Bertz CT molecular complexity index is 980. The van der Waals surface area contributed by atoms with E-state index < -0.39 is 5.97 Å². The summed E-state index contributed by atoms with van der Waals surface area (Å²) < 4.78 is 4.60. The van der Waals surface area contributed by atoms with Gasteiger partial charge in [0.15, 0.2) is 0 Å².